The Hall–Kier alpha value is -3.58. The summed E-state index contributed by atoms with van der Waals surface area (Å²) in [6.07, 6.45) is -0.792. The van der Waals surface area contributed by atoms with Gasteiger partial charge in [0.2, 0.25) is 0 Å². The van der Waals surface area contributed by atoms with Crippen LogP contribution in [0.4, 0.5) is 4.79 Å². The first-order valence-corrected chi connectivity index (χ1v) is 11.7. The number of Topliss-reactive ketones (excluding diaryl/α,β-unsaturated/α-hetero) is 1. The van der Waals surface area contributed by atoms with E-state index in [9.17, 15) is 19.5 Å². The number of hydrogen-bond acceptors (Lipinski definition) is 5. The average Bonchev–Trinajstić information content (AvgIpc) is 3.16. The molecule has 0 unspecified atom stereocenters. The van der Waals surface area contributed by atoms with Crippen LogP contribution in [0.3, 0.4) is 0 Å². The zero-order valence-electron chi connectivity index (χ0n) is 17.8. The van der Waals surface area contributed by atoms with Gasteiger partial charge in [-0.05, 0) is 22.3 Å². The largest absolute Gasteiger partial charge is 0.480 e. The standard InChI is InChI=1S/C26H23NO5S/c28-24(17-8-2-1-3-9-17)16-33-15-23(25(29)30)27-26(31)32-14-22-20-12-6-4-10-18(20)19-11-5-7-13-21(19)22/h1-13,22-23H,14-16H2,(H,27,31)(H,29,30)/t23-/m0/s1. The minimum atomic E-state index is -1.18. The fraction of sp³-hybridized carbons (Fsp3) is 0.192. The van der Waals surface area contributed by atoms with E-state index in [2.05, 4.69) is 5.32 Å². The van der Waals surface area contributed by atoms with Crippen molar-refractivity contribution in [2.75, 3.05) is 18.1 Å². The number of nitrogens with one attached hydrogen (secondary N) is 1. The highest BCUT2D eigenvalue weighted by Gasteiger charge is 2.29. The van der Waals surface area contributed by atoms with E-state index in [4.69, 9.17) is 4.74 Å². The summed E-state index contributed by atoms with van der Waals surface area (Å²) >= 11 is 1.16. The molecule has 7 heteroatoms. The van der Waals surface area contributed by atoms with E-state index >= 15 is 0 Å². The molecule has 3 aromatic rings. The number of carboxylic acids is 1. The number of aliphatic carboxylic acids is 1. The lowest BCUT2D eigenvalue weighted by atomic mass is 9.98. The lowest BCUT2D eigenvalue weighted by Gasteiger charge is -2.17. The van der Waals surface area contributed by atoms with Crippen LogP contribution in [0.25, 0.3) is 11.1 Å². The summed E-state index contributed by atoms with van der Waals surface area (Å²) in [5.41, 5.74) is 4.96. The molecule has 33 heavy (non-hydrogen) atoms. The molecule has 1 atom stereocenters. The lowest BCUT2D eigenvalue weighted by molar-refractivity contribution is -0.138. The van der Waals surface area contributed by atoms with E-state index in [1.807, 2.05) is 54.6 Å². The van der Waals surface area contributed by atoms with Crippen molar-refractivity contribution < 1.29 is 24.2 Å². The van der Waals surface area contributed by atoms with Gasteiger partial charge >= 0.3 is 12.1 Å². The smallest absolute Gasteiger partial charge is 0.407 e. The highest BCUT2D eigenvalue weighted by molar-refractivity contribution is 8.00. The quantitative estimate of drug-likeness (QED) is 0.453. The first-order chi connectivity index (χ1) is 16.0. The number of carboxylic acid groups (broad SMARTS) is 1. The van der Waals surface area contributed by atoms with Gasteiger partial charge in [-0.2, -0.15) is 11.8 Å². The number of ketones is 1. The summed E-state index contributed by atoms with van der Waals surface area (Å²) < 4.78 is 5.43. The third-order valence-corrected chi connectivity index (χ3v) is 6.58. The van der Waals surface area contributed by atoms with Crippen molar-refractivity contribution in [2.45, 2.75) is 12.0 Å². The van der Waals surface area contributed by atoms with Gasteiger partial charge in [0.25, 0.3) is 0 Å². The minimum Gasteiger partial charge on any atom is -0.480 e. The zero-order chi connectivity index (χ0) is 23.2. The monoisotopic (exact) mass is 461 g/mol. The molecule has 0 bridgehead atoms. The molecule has 1 amide bonds. The highest BCUT2D eigenvalue weighted by Crippen LogP contribution is 2.44. The molecule has 0 saturated carbocycles. The minimum absolute atomic E-state index is 0.0537. The van der Waals surface area contributed by atoms with E-state index in [1.54, 1.807) is 24.3 Å². The molecule has 3 aromatic carbocycles. The van der Waals surface area contributed by atoms with Crippen molar-refractivity contribution in [3.8, 4) is 11.1 Å². The number of hydrogen-bond donors (Lipinski definition) is 2. The van der Waals surface area contributed by atoms with Crippen molar-refractivity contribution in [3.63, 3.8) is 0 Å². The Morgan fingerprint density at radius 3 is 2.06 bits per heavy atom. The van der Waals surface area contributed by atoms with Crippen LogP contribution in [0.2, 0.25) is 0 Å². The second-order valence-corrected chi connectivity index (χ2v) is 8.70. The molecule has 2 N–H and O–H groups in total. The van der Waals surface area contributed by atoms with E-state index in [1.165, 1.54) is 0 Å². The SMILES string of the molecule is O=C(N[C@@H](CSCC(=O)c1ccccc1)C(=O)O)OCC1c2ccccc2-c2ccccc21. The summed E-state index contributed by atoms with van der Waals surface area (Å²) in [4.78, 5) is 36.2. The molecule has 168 valence electrons. The number of carbonyl (C=O) groups is 3. The molecule has 0 aliphatic heterocycles. The molecule has 0 heterocycles. The molecular formula is C26H23NO5S. The number of ether oxygens (including phenoxy) is 1. The molecule has 0 saturated heterocycles. The normalized spacial score (nSPS) is 13.0. The summed E-state index contributed by atoms with van der Waals surface area (Å²) in [7, 11) is 0. The Balaban J connectivity index is 1.32. The fourth-order valence-electron chi connectivity index (χ4n) is 3.93. The maximum absolute atomic E-state index is 12.4. The molecule has 1 aliphatic rings. The van der Waals surface area contributed by atoms with Gasteiger partial charge in [0.15, 0.2) is 5.78 Å². The second kappa shape index (κ2) is 10.4. The van der Waals surface area contributed by atoms with Crippen LogP contribution in [0, 0.1) is 0 Å². The molecule has 0 radical (unpaired) electrons. The van der Waals surface area contributed by atoms with Gasteiger partial charge in [0.05, 0.1) is 5.75 Å². The lowest BCUT2D eigenvalue weighted by Crippen LogP contribution is -2.43. The summed E-state index contributed by atoms with van der Waals surface area (Å²) in [5.74, 6) is -1.20. The van der Waals surface area contributed by atoms with Crippen molar-refractivity contribution in [2.24, 2.45) is 0 Å². The molecule has 0 fully saturated rings. The number of fused-ring (bicyclic) bond motifs is 3. The average molecular weight is 462 g/mol. The summed E-state index contributed by atoms with van der Waals surface area (Å²) in [6.45, 7) is 0.103. The van der Waals surface area contributed by atoms with Crippen molar-refractivity contribution in [1.29, 1.82) is 0 Å². The first-order valence-electron chi connectivity index (χ1n) is 10.5. The van der Waals surface area contributed by atoms with E-state index < -0.39 is 18.1 Å². The van der Waals surface area contributed by atoms with Crippen LogP contribution in [-0.2, 0) is 9.53 Å². The van der Waals surface area contributed by atoms with Gasteiger partial charge in [0, 0.05) is 17.2 Å². The van der Waals surface area contributed by atoms with Gasteiger partial charge in [-0.3, -0.25) is 4.79 Å². The predicted molar refractivity (Wildman–Crippen MR) is 128 cm³/mol. The Kier molecular flexibility index (Phi) is 7.10. The molecule has 0 spiro atoms. The topological polar surface area (TPSA) is 92.7 Å². The van der Waals surface area contributed by atoms with Crippen LogP contribution < -0.4 is 5.32 Å². The number of thioether (sulfide) groups is 1. The Morgan fingerprint density at radius 1 is 0.879 bits per heavy atom. The Morgan fingerprint density at radius 2 is 1.45 bits per heavy atom. The Labute approximate surface area is 196 Å². The van der Waals surface area contributed by atoms with Gasteiger partial charge in [-0.15, -0.1) is 0 Å². The maximum atomic E-state index is 12.4. The first kappa shape index (κ1) is 22.6. The molecular weight excluding hydrogens is 438 g/mol. The van der Waals surface area contributed by atoms with Crippen LogP contribution in [0.1, 0.15) is 27.4 Å². The fourth-order valence-corrected chi connectivity index (χ4v) is 4.87. The molecule has 6 nitrogen and oxygen atoms in total. The highest BCUT2D eigenvalue weighted by atomic mass is 32.2. The molecule has 0 aromatic heterocycles. The van der Waals surface area contributed by atoms with Crippen LogP contribution >= 0.6 is 11.8 Å². The second-order valence-electron chi connectivity index (χ2n) is 7.67. The molecule has 1 aliphatic carbocycles. The molecule has 4 rings (SSSR count). The number of amides is 1. The summed E-state index contributed by atoms with van der Waals surface area (Å²) in [6, 6.07) is 23.6. The van der Waals surface area contributed by atoms with Crippen molar-refractivity contribution in [3.05, 3.63) is 95.6 Å². The van der Waals surface area contributed by atoms with Crippen molar-refractivity contribution in [1.82, 2.24) is 5.32 Å². The van der Waals surface area contributed by atoms with Crippen molar-refractivity contribution >= 4 is 29.6 Å². The zero-order valence-corrected chi connectivity index (χ0v) is 18.6. The number of alkyl carbamates (subject to hydrolysis) is 1. The number of rotatable bonds is 9. The van der Waals surface area contributed by atoms with Gasteiger partial charge in [0.1, 0.15) is 12.6 Å². The van der Waals surface area contributed by atoms with Crippen LogP contribution in [0.15, 0.2) is 78.9 Å². The summed E-state index contributed by atoms with van der Waals surface area (Å²) in [5, 5.41) is 11.9. The third kappa shape index (κ3) is 5.26. The van der Waals surface area contributed by atoms with E-state index in [0.29, 0.717) is 5.56 Å². The van der Waals surface area contributed by atoms with E-state index in [0.717, 1.165) is 34.0 Å². The van der Waals surface area contributed by atoms with Crippen LogP contribution in [0.5, 0.6) is 0 Å². The van der Waals surface area contributed by atoms with Gasteiger partial charge in [-0.1, -0.05) is 78.9 Å². The third-order valence-electron chi connectivity index (χ3n) is 5.55. The van der Waals surface area contributed by atoms with Crippen LogP contribution in [-0.4, -0.2) is 47.1 Å². The van der Waals surface area contributed by atoms with E-state index in [-0.39, 0.29) is 29.8 Å². The predicted octanol–water partition coefficient (Wildman–Crippen LogP) is 4.59. The van der Waals surface area contributed by atoms with Gasteiger partial charge < -0.3 is 15.2 Å². The number of benzene rings is 3. The number of carbonyl (C=O) groups excluding carboxylic acids is 2. The van der Waals surface area contributed by atoms with Gasteiger partial charge in [-0.25, -0.2) is 9.59 Å². The Bertz CT molecular complexity index is 1120. The maximum Gasteiger partial charge on any atom is 0.407 e.